The zero-order chi connectivity index (χ0) is 19.1. The Kier molecular flexibility index (Phi) is 5.84. The molecule has 0 aliphatic heterocycles. The molecule has 0 saturated heterocycles. The first-order valence-corrected chi connectivity index (χ1v) is 8.42. The van der Waals surface area contributed by atoms with E-state index in [1.54, 1.807) is 29.2 Å². The third-order valence-corrected chi connectivity index (χ3v) is 3.92. The average Bonchev–Trinajstić information content (AvgIpc) is 3.16. The third kappa shape index (κ3) is 5.18. The van der Waals surface area contributed by atoms with Crippen molar-refractivity contribution in [2.45, 2.75) is 13.1 Å². The van der Waals surface area contributed by atoms with Crippen molar-refractivity contribution < 1.29 is 14.3 Å². The van der Waals surface area contributed by atoms with E-state index in [2.05, 4.69) is 20.5 Å². The topological polar surface area (TPSA) is 85.2 Å². The SMILES string of the molecule is COC(=O)Nc1ccc(CNC(=O)c2cnn(Cc3ccccc3)c2)cc1. The quantitative estimate of drug-likeness (QED) is 0.704. The highest BCUT2D eigenvalue weighted by atomic mass is 16.5. The predicted octanol–water partition coefficient (Wildman–Crippen LogP) is 3.04. The monoisotopic (exact) mass is 364 g/mol. The standard InChI is InChI=1S/C20H20N4O3/c1-27-20(26)23-18-9-7-15(8-10-18)11-21-19(25)17-12-22-24(14-17)13-16-5-3-2-4-6-16/h2-10,12,14H,11,13H2,1H3,(H,21,25)(H,23,26). The molecule has 1 heterocycles. The second-order valence-corrected chi connectivity index (χ2v) is 5.91. The van der Waals surface area contributed by atoms with Crippen LogP contribution in [0.15, 0.2) is 67.0 Å². The molecule has 0 spiro atoms. The zero-order valence-electron chi connectivity index (χ0n) is 14.9. The summed E-state index contributed by atoms with van der Waals surface area (Å²) >= 11 is 0. The van der Waals surface area contributed by atoms with Gasteiger partial charge in [-0.2, -0.15) is 5.10 Å². The Labute approximate surface area is 157 Å². The van der Waals surface area contributed by atoms with E-state index in [0.717, 1.165) is 11.1 Å². The number of carbonyl (C=O) groups excluding carboxylic acids is 2. The average molecular weight is 364 g/mol. The summed E-state index contributed by atoms with van der Waals surface area (Å²) in [6.07, 6.45) is 2.76. The van der Waals surface area contributed by atoms with Gasteiger partial charge in [0.1, 0.15) is 0 Å². The summed E-state index contributed by atoms with van der Waals surface area (Å²) in [6.45, 7) is 0.990. The van der Waals surface area contributed by atoms with Crippen molar-refractivity contribution in [3.8, 4) is 0 Å². The lowest BCUT2D eigenvalue weighted by molar-refractivity contribution is 0.0950. The van der Waals surface area contributed by atoms with Crippen LogP contribution >= 0.6 is 0 Å². The van der Waals surface area contributed by atoms with Crippen molar-refractivity contribution >= 4 is 17.7 Å². The van der Waals surface area contributed by atoms with Crippen LogP contribution in [0.25, 0.3) is 0 Å². The fourth-order valence-corrected chi connectivity index (χ4v) is 2.50. The fraction of sp³-hybridized carbons (Fsp3) is 0.150. The van der Waals surface area contributed by atoms with E-state index in [0.29, 0.717) is 24.3 Å². The van der Waals surface area contributed by atoms with E-state index < -0.39 is 6.09 Å². The van der Waals surface area contributed by atoms with Crippen molar-refractivity contribution in [3.63, 3.8) is 0 Å². The van der Waals surface area contributed by atoms with Crippen LogP contribution in [0.1, 0.15) is 21.5 Å². The summed E-state index contributed by atoms with van der Waals surface area (Å²) in [5.41, 5.74) is 3.16. The Hall–Kier alpha value is -3.61. The van der Waals surface area contributed by atoms with Crippen LogP contribution in [0.3, 0.4) is 0 Å². The van der Waals surface area contributed by atoms with E-state index in [1.807, 2.05) is 42.5 Å². The molecule has 138 valence electrons. The molecule has 0 saturated carbocycles. The van der Waals surface area contributed by atoms with Crippen LogP contribution in [0, 0.1) is 0 Å². The Bertz CT molecular complexity index is 904. The van der Waals surface area contributed by atoms with Gasteiger partial charge in [-0.05, 0) is 23.3 Å². The molecule has 0 aliphatic carbocycles. The maximum atomic E-state index is 12.3. The molecule has 0 radical (unpaired) electrons. The highest BCUT2D eigenvalue weighted by Gasteiger charge is 2.09. The number of anilines is 1. The number of ether oxygens (including phenoxy) is 1. The minimum Gasteiger partial charge on any atom is -0.453 e. The largest absolute Gasteiger partial charge is 0.453 e. The molecule has 27 heavy (non-hydrogen) atoms. The van der Waals surface area contributed by atoms with Crippen LogP contribution in [0.2, 0.25) is 0 Å². The summed E-state index contributed by atoms with van der Waals surface area (Å²) in [5.74, 6) is -0.189. The van der Waals surface area contributed by atoms with Gasteiger partial charge in [0.05, 0.1) is 25.4 Å². The van der Waals surface area contributed by atoms with Gasteiger partial charge >= 0.3 is 6.09 Å². The van der Waals surface area contributed by atoms with Crippen LogP contribution in [0.4, 0.5) is 10.5 Å². The number of aromatic nitrogens is 2. The van der Waals surface area contributed by atoms with Gasteiger partial charge < -0.3 is 10.1 Å². The molecule has 3 rings (SSSR count). The van der Waals surface area contributed by atoms with Gasteiger partial charge in [0.25, 0.3) is 5.91 Å². The molecule has 2 N–H and O–H groups in total. The van der Waals surface area contributed by atoms with E-state index in [4.69, 9.17) is 0 Å². The number of hydrogen-bond acceptors (Lipinski definition) is 4. The first-order chi connectivity index (χ1) is 13.1. The summed E-state index contributed by atoms with van der Waals surface area (Å²) < 4.78 is 6.27. The molecule has 0 aliphatic rings. The highest BCUT2D eigenvalue weighted by molar-refractivity contribution is 5.93. The van der Waals surface area contributed by atoms with Crippen molar-refractivity contribution in [1.29, 1.82) is 0 Å². The fourth-order valence-electron chi connectivity index (χ4n) is 2.50. The number of amides is 2. The molecular weight excluding hydrogens is 344 g/mol. The smallest absolute Gasteiger partial charge is 0.411 e. The number of nitrogens with zero attached hydrogens (tertiary/aromatic N) is 2. The first kappa shape index (κ1) is 18.2. The number of rotatable bonds is 6. The van der Waals surface area contributed by atoms with Crippen LogP contribution in [-0.4, -0.2) is 28.9 Å². The summed E-state index contributed by atoms with van der Waals surface area (Å²) in [7, 11) is 1.31. The predicted molar refractivity (Wildman–Crippen MR) is 101 cm³/mol. The van der Waals surface area contributed by atoms with E-state index in [-0.39, 0.29) is 5.91 Å². The van der Waals surface area contributed by atoms with Crippen molar-refractivity contribution in [3.05, 3.63) is 83.7 Å². The van der Waals surface area contributed by atoms with Gasteiger partial charge in [-0.25, -0.2) is 4.79 Å². The molecule has 7 nitrogen and oxygen atoms in total. The van der Waals surface area contributed by atoms with Gasteiger partial charge in [-0.15, -0.1) is 0 Å². The Morgan fingerprint density at radius 3 is 2.48 bits per heavy atom. The Morgan fingerprint density at radius 2 is 1.78 bits per heavy atom. The molecule has 3 aromatic rings. The highest BCUT2D eigenvalue weighted by Crippen LogP contribution is 2.10. The third-order valence-electron chi connectivity index (χ3n) is 3.92. The Balaban J connectivity index is 1.53. The zero-order valence-corrected chi connectivity index (χ0v) is 14.9. The minimum atomic E-state index is -0.524. The molecule has 2 aromatic carbocycles. The number of carbonyl (C=O) groups is 2. The lowest BCUT2D eigenvalue weighted by atomic mass is 10.2. The molecule has 0 bridgehead atoms. The van der Waals surface area contributed by atoms with E-state index >= 15 is 0 Å². The maximum Gasteiger partial charge on any atom is 0.411 e. The van der Waals surface area contributed by atoms with Gasteiger partial charge in [-0.1, -0.05) is 42.5 Å². The number of benzene rings is 2. The van der Waals surface area contributed by atoms with Gasteiger partial charge in [0, 0.05) is 18.4 Å². The molecule has 0 atom stereocenters. The second-order valence-electron chi connectivity index (χ2n) is 5.91. The van der Waals surface area contributed by atoms with Gasteiger partial charge in [0.15, 0.2) is 0 Å². The van der Waals surface area contributed by atoms with Crippen molar-refractivity contribution in [2.24, 2.45) is 0 Å². The first-order valence-electron chi connectivity index (χ1n) is 8.42. The van der Waals surface area contributed by atoms with Crippen molar-refractivity contribution in [2.75, 3.05) is 12.4 Å². The summed E-state index contributed by atoms with van der Waals surface area (Å²) in [4.78, 5) is 23.5. The van der Waals surface area contributed by atoms with Gasteiger partial charge in [0.2, 0.25) is 0 Å². The lowest BCUT2D eigenvalue weighted by Gasteiger charge is -2.06. The maximum absolute atomic E-state index is 12.3. The lowest BCUT2D eigenvalue weighted by Crippen LogP contribution is -2.22. The van der Waals surface area contributed by atoms with E-state index in [1.165, 1.54) is 7.11 Å². The van der Waals surface area contributed by atoms with Crippen LogP contribution in [-0.2, 0) is 17.8 Å². The number of methoxy groups -OCH3 is 1. The van der Waals surface area contributed by atoms with Crippen LogP contribution in [0.5, 0.6) is 0 Å². The molecule has 7 heteroatoms. The number of nitrogens with one attached hydrogen (secondary N) is 2. The molecule has 1 aromatic heterocycles. The molecule has 0 fully saturated rings. The minimum absolute atomic E-state index is 0.189. The molecule has 0 unspecified atom stereocenters. The molecular formula is C20H20N4O3. The van der Waals surface area contributed by atoms with Gasteiger partial charge in [-0.3, -0.25) is 14.8 Å². The second kappa shape index (κ2) is 8.66. The summed E-state index contributed by atoms with van der Waals surface area (Å²) in [5, 5.41) is 9.67. The van der Waals surface area contributed by atoms with Crippen LogP contribution < -0.4 is 10.6 Å². The summed E-state index contributed by atoms with van der Waals surface area (Å²) in [6, 6.07) is 17.1. The van der Waals surface area contributed by atoms with Crippen molar-refractivity contribution in [1.82, 2.24) is 15.1 Å². The Morgan fingerprint density at radius 1 is 1.04 bits per heavy atom. The van der Waals surface area contributed by atoms with E-state index in [9.17, 15) is 9.59 Å². The normalized spacial score (nSPS) is 10.3. The number of hydrogen-bond donors (Lipinski definition) is 2. The molecule has 2 amide bonds.